The molecule has 196 valence electrons. The number of carbonyl (C=O) groups is 2. The number of hydrogen-bond acceptors (Lipinski definition) is 8. The molecule has 3 aromatic rings. The van der Waals surface area contributed by atoms with Gasteiger partial charge >= 0.3 is 0 Å². The lowest BCUT2D eigenvalue weighted by Gasteiger charge is -2.30. The zero-order valence-corrected chi connectivity index (χ0v) is 21.7. The van der Waals surface area contributed by atoms with E-state index in [4.69, 9.17) is 16.7 Å². The molecule has 3 aromatic heterocycles. The van der Waals surface area contributed by atoms with E-state index in [2.05, 4.69) is 36.6 Å². The average molecular weight is 526 g/mol. The number of fused-ring (bicyclic) bond motifs is 1. The fourth-order valence-corrected chi connectivity index (χ4v) is 4.65. The number of nitrogens with one attached hydrogen (secondary N) is 5. The first kappa shape index (κ1) is 25.2. The van der Waals surface area contributed by atoms with Crippen molar-refractivity contribution < 1.29 is 9.59 Å². The van der Waals surface area contributed by atoms with Crippen LogP contribution in [0.5, 0.6) is 0 Å². The van der Waals surface area contributed by atoms with E-state index in [1.165, 1.54) is 12.4 Å². The van der Waals surface area contributed by atoms with E-state index in [1.807, 2.05) is 13.0 Å². The van der Waals surface area contributed by atoms with Crippen LogP contribution in [0, 0.1) is 0 Å². The molecule has 3 heterocycles. The molecule has 2 aliphatic rings. The first-order valence-electron chi connectivity index (χ1n) is 12.7. The fourth-order valence-electron chi connectivity index (χ4n) is 4.47. The Bertz CT molecular complexity index is 1280. The molecule has 5 rings (SSSR count). The molecule has 2 fully saturated rings. The standard InChI is InChI=1S/C25H32ClN9O2/c1-14(27-2)24(36)32-17-7-5-16(6-8-17)31-22-12-19(30-15-3-4-15)23-29-13-20(35(23)34-22)25(37)33-18-9-10-28-21(26)11-18/h9-17,27,30H,3-8H2,1-2H3,(H,31,34)(H,32,36)(H,28,33,37)/t14-,16?,17?/m1/s1. The summed E-state index contributed by atoms with van der Waals surface area (Å²) in [5.74, 6) is 0.358. The summed E-state index contributed by atoms with van der Waals surface area (Å²) in [5, 5.41) is 21.0. The molecule has 12 heteroatoms. The van der Waals surface area contributed by atoms with Gasteiger partial charge in [0.15, 0.2) is 11.3 Å². The highest BCUT2D eigenvalue weighted by Crippen LogP contribution is 2.30. The van der Waals surface area contributed by atoms with E-state index in [9.17, 15) is 9.59 Å². The van der Waals surface area contributed by atoms with Crippen LogP contribution in [-0.4, -0.2) is 62.6 Å². The summed E-state index contributed by atoms with van der Waals surface area (Å²) in [5.41, 5.74) is 2.29. The minimum absolute atomic E-state index is 0.0294. The van der Waals surface area contributed by atoms with E-state index in [0.717, 1.165) is 44.2 Å². The molecule has 2 saturated carbocycles. The van der Waals surface area contributed by atoms with Crippen molar-refractivity contribution in [1.82, 2.24) is 30.2 Å². The number of amides is 2. The third kappa shape index (κ3) is 6.11. The van der Waals surface area contributed by atoms with Crippen LogP contribution >= 0.6 is 11.6 Å². The van der Waals surface area contributed by atoms with E-state index in [1.54, 1.807) is 23.7 Å². The van der Waals surface area contributed by atoms with Crippen molar-refractivity contribution in [2.75, 3.05) is 23.0 Å². The number of nitrogens with zero attached hydrogens (tertiary/aromatic N) is 4. The lowest BCUT2D eigenvalue weighted by atomic mass is 9.91. The van der Waals surface area contributed by atoms with Gasteiger partial charge < -0.3 is 26.6 Å². The quantitative estimate of drug-likeness (QED) is 0.269. The highest BCUT2D eigenvalue weighted by molar-refractivity contribution is 6.29. The van der Waals surface area contributed by atoms with Gasteiger partial charge in [-0.15, -0.1) is 5.10 Å². The summed E-state index contributed by atoms with van der Waals surface area (Å²) in [6.45, 7) is 1.86. The van der Waals surface area contributed by atoms with Crippen LogP contribution in [-0.2, 0) is 4.79 Å². The molecule has 37 heavy (non-hydrogen) atoms. The maximum Gasteiger partial charge on any atom is 0.276 e. The predicted octanol–water partition coefficient (Wildman–Crippen LogP) is 3.05. The van der Waals surface area contributed by atoms with Crippen molar-refractivity contribution in [2.45, 2.75) is 69.6 Å². The number of hydrogen-bond donors (Lipinski definition) is 5. The Kier molecular flexibility index (Phi) is 7.43. The summed E-state index contributed by atoms with van der Waals surface area (Å²) < 4.78 is 1.58. The van der Waals surface area contributed by atoms with Crippen LogP contribution in [0.25, 0.3) is 5.65 Å². The maximum atomic E-state index is 13.1. The van der Waals surface area contributed by atoms with E-state index in [-0.39, 0.29) is 29.9 Å². The van der Waals surface area contributed by atoms with Gasteiger partial charge in [-0.05, 0) is 64.6 Å². The Hall–Kier alpha value is -3.44. The van der Waals surface area contributed by atoms with Crippen LogP contribution in [0.4, 0.5) is 17.2 Å². The lowest BCUT2D eigenvalue weighted by molar-refractivity contribution is -0.123. The molecular weight excluding hydrogens is 494 g/mol. The smallest absolute Gasteiger partial charge is 0.276 e. The van der Waals surface area contributed by atoms with Crippen molar-refractivity contribution in [3.63, 3.8) is 0 Å². The second-order valence-corrected chi connectivity index (χ2v) is 10.2. The number of carbonyl (C=O) groups excluding carboxylic acids is 2. The van der Waals surface area contributed by atoms with Gasteiger partial charge in [0.1, 0.15) is 11.0 Å². The monoisotopic (exact) mass is 525 g/mol. The molecule has 2 amide bonds. The first-order chi connectivity index (χ1) is 17.9. The van der Waals surface area contributed by atoms with Gasteiger partial charge in [0.25, 0.3) is 5.91 Å². The zero-order valence-electron chi connectivity index (χ0n) is 20.9. The van der Waals surface area contributed by atoms with E-state index >= 15 is 0 Å². The Morgan fingerprint density at radius 3 is 2.43 bits per heavy atom. The molecule has 2 aliphatic carbocycles. The summed E-state index contributed by atoms with van der Waals surface area (Å²) >= 11 is 5.96. The van der Waals surface area contributed by atoms with Gasteiger partial charge in [-0.25, -0.2) is 14.5 Å². The summed E-state index contributed by atoms with van der Waals surface area (Å²) in [6, 6.07) is 5.82. The Morgan fingerprint density at radius 2 is 1.73 bits per heavy atom. The van der Waals surface area contributed by atoms with Crippen LogP contribution in [0.1, 0.15) is 55.9 Å². The molecule has 0 radical (unpaired) electrons. The van der Waals surface area contributed by atoms with E-state index < -0.39 is 0 Å². The minimum atomic E-state index is -0.344. The third-order valence-corrected chi connectivity index (χ3v) is 7.08. The molecule has 11 nitrogen and oxygen atoms in total. The summed E-state index contributed by atoms with van der Waals surface area (Å²) in [6.07, 6.45) is 8.87. The molecule has 5 N–H and O–H groups in total. The van der Waals surface area contributed by atoms with Crippen LogP contribution < -0.4 is 26.6 Å². The molecule has 0 bridgehead atoms. The summed E-state index contributed by atoms with van der Waals surface area (Å²) in [7, 11) is 1.78. The van der Waals surface area contributed by atoms with Crippen molar-refractivity contribution in [2.24, 2.45) is 0 Å². The second kappa shape index (κ2) is 10.9. The van der Waals surface area contributed by atoms with Crippen molar-refractivity contribution in [3.8, 4) is 0 Å². The highest BCUT2D eigenvalue weighted by atomic mass is 35.5. The van der Waals surface area contributed by atoms with Gasteiger partial charge in [0.05, 0.1) is 17.9 Å². The molecule has 1 atom stereocenters. The number of pyridine rings is 1. The van der Waals surface area contributed by atoms with Gasteiger partial charge in [0.2, 0.25) is 5.91 Å². The molecule has 0 spiro atoms. The average Bonchev–Trinajstić information content (AvgIpc) is 3.59. The molecule has 0 aliphatic heterocycles. The molecule has 0 aromatic carbocycles. The number of rotatable bonds is 9. The number of likely N-dealkylation sites (N-methyl/N-ethyl adjacent to an activating group) is 1. The minimum Gasteiger partial charge on any atom is -0.379 e. The van der Waals surface area contributed by atoms with E-state index in [0.29, 0.717) is 34.0 Å². The molecule has 0 saturated heterocycles. The Morgan fingerprint density at radius 1 is 1.03 bits per heavy atom. The molecular formula is C25H32ClN9O2. The van der Waals surface area contributed by atoms with Gasteiger partial charge in [-0.2, -0.15) is 0 Å². The topological polar surface area (TPSA) is 137 Å². The summed E-state index contributed by atoms with van der Waals surface area (Å²) in [4.78, 5) is 33.7. The Balaban J connectivity index is 1.31. The van der Waals surface area contributed by atoms with Crippen LogP contribution in [0.3, 0.4) is 0 Å². The third-order valence-electron chi connectivity index (χ3n) is 6.87. The number of imidazole rings is 1. The number of halogens is 1. The SMILES string of the molecule is CN[C@H](C)C(=O)NC1CCC(Nc2cc(NC3CC3)c3ncc(C(=O)Nc4ccnc(Cl)c4)n3n2)CC1. The lowest BCUT2D eigenvalue weighted by Crippen LogP contribution is -2.47. The maximum absolute atomic E-state index is 13.1. The normalized spacial score (nSPS) is 20.3. The van der Waals surface area contributed by atoms with Crippen LogP contribution in [0.15, 0.2) is 30.6 Å². The first-order valence-corrected chi connectivity index (χ1v) is 13.1. The molecule has 0 unspecified atom stereocenters. The van der Waals surface area contributed by atoms with Crippen molar-refractivity contribution >= 4 is 46.3 Å². The predicted molar refractivity (Wildman–Crippen MR) is 143 cm³/mol. The fraction of sp³-hybridized carbons (Fsp3) is 0.480. The number of anilines is 3. The van der Waals surface area contributed by atoms with Gasteiger partial charge in [-0.3, -0.25) is 9.59 Å². The van der Waals surface area contributed by atoms with Crippen molar-refractivity contribution in [1.29, 1.82) is 0 Å². The van der Waals surface area contributed by atoms with Crippen LogP contribution in [0.2, 0.25) is 5.15 Å². The number of aromatic nitrogens is 4. The zero-order chi connectivity index (χ0) is 25.9. The highest BCUT2D eigenvalue weighted by Gasteiger charge is 2.27. The van der Waals surface area contributed by atoms with Gasteiger partial charge in [0, 0.05) is 36.1 Å². The largest absolute Gasteiger partial charge is 0.379 e. The van der Waals surface area contributed by atoms with Crippen molar-refractivity contribution in [3.05, 3.63) is 41.4 Å². The Labute approximate surface area is 220 Å². The second-order valence-electron chi connectivity index (χ2n) is 9.77. The van der Waals surface area contributed by atoms with Gasteiger partial charge in [-0.1, -0.05) is 11.6 Å².